The molecule has 2 aromatic rings. The Morgan fingerprint density at radius 3 is 2.61 bits per heavy atom. The summed E-state index contributed by atoms with van der Waals surface area (Å²) in [4.78, 5) is 16.1. The van der Waals surface area contributed by atoms with Gasteiger partial charge in [0.1, 0.15) is 11.8 Å². The van der Waals surface area contributed by atoms with E-state index in [0.717, 1.165) is 31.8 Å². The fraction of sp³-hybridized carbons (Fsp3) is 0.478. The Morgan fingerprint density at radius 2 is 1.97 bits per heavy atom. The molecule has 3 rings (SSSR count). The molecule has 1 saturated heterocycles. The van der Waals surface area contributed by atoms with Gasteiger partial charge in [-0.3, -0.25) is 4.79 Å². The Morgan fingerprint density at radius 1 is 1.26 bits per heavy atom. The van der Waals surface area contributed by atoms with Crippen LogP contribution in [0.25, 0.3) is 0 Å². The lowest BCUT2D eigenvalue weighted by Gasteiger charge is -2.34. The molecule has 5 nitrogen and oxygen atoms in total. The molecule has 166 valence electrons. The lowest BCUT2D eigenvalue weighted by molar-refractivity contribution is -0.134. The van der Waals surface area contributed by atoms with E-state index >= 15 is 0 Å². The van der Waals surface area contributed by atoms with Crippen molar-refractivity contribution in [3.63, 3.8) is 0 Å². The predicted molar refractivity (Wildman–Crippen MR) is 127 cm³/mol. The third-order valence-corrected chi connectivity index (χ3v) is 7.65. The van der Waals surface area contributed by atoms with Crippen LogP contribution in [0.2, 0.25) is 10.0 Å². The van der Waals surface area contributed by atoms with Gasteiger partial charge in [0.25, 0.3) is 0 Å². The molecule has 1 aliphatic rings. The van der Waals surface area contributed by atoms with Crippen molar-refractivity contribution in [1.29, 1.82) is 5.26 Å². The molecule has 31 heavy (non-hydrogen) atoms. The van der Waals surface area contributed by atoms with Crippen LogP contribution < -0.4 is 4.72 Å². The summed E-state index contributed by atoms with van der Waals surface area (Å²) in [5, 5.41) is 10.4. The number of nitrogens with zero attached hydrogens (tertiary/aromatic N) is 3. The smallest absolute Gasteiger partial charge is 0.240 e. The maximum atomic E-state index is 13.4. The number of hydrogen-bond acceptors (Lipinski definition) is 4. The van der Waals surface area contributed by atoms with Gasteiger partial charge >= 0.3 is 0 Å². The van der Waals surface area contributed by atoms with E-state index < -0.39 is 6.04 Å². The molecule has 1 fully saturated rings. The molecule has 0 saturated carbocycles. The summed E-state index contributed by atoms with van der Waals surface area (Å²) in [5.41, 5.74) is 0.591. The predicted octanol–water partition coefficient (Wildman–Crippen LogP) is 5.76. The van der Waals surface area contributed by atoms with Crippen LogP contribution in [0.3, 0.4) is 0 Å². The number of amides is 1. The number of carbonyl (C=O) groups is 1. The Labute approximate surface area is 198 Å². The second-order valence-corrected chi connectivity index (χ2v) is 9.53. The molecule has 0 radical (unpaired) electrons. The van der Waals surface area contributed by atoms with Crippen molar-refractivity contribution in [3.05, 3.63) is 52.3 Å². The topological polar surface area (TPSA) is 61.1 Å². The minimum atomic E-state index is -0.408. The van der Waals surface area contributed by atoms with Gasteiger partial charge in [0.2, 0.25) is 5.91 Å². The van der Waals surface area contributed by atoms with E-state index in [1.54, 1.807) is 24.3 Å². The number of halogens is 2. The average Bonchev–Trinajstić information content (AvgIpc) is 3.23. The molecular formula is C23H28Cl2N4OS. The summed E-state index contributed by atoms with van der Waals surface area (Å²) in [5.74, 6) is 0.811. The molecule has 1 aromatic heterocycles. The first-order valence-corrected chi connectivity index (χ1v) is 12.3. The van der Waals surface area contributed by atoms with E-state index in [-0.39, 0.29) is 5.91 Å². The van der Waals surface area contributed by atoms with E-state index in [4.69, 9.17) is 23.2 Å². The van der Waals surface area contributed by atoms with E-state index in [1.807, 2.05) is 21.7 Å². The maximum absolute atomic E-state index is 13.4. The summed E-state index contributed by atoms with van der Waals surface area (Å²) in [7, 11) is 0. The lowest BCUT2D eigenvalue weighted by atomic mass is 9.92. The van der Waals surface area contributed by atoms with Crippen molar-refractivity contribution in [1.82, 2.24) is 14.2 Å². The van der Waals surface area contributed by atoms with Crippen molar-refractivity contribution < 1.29 is 4.79 Å². The minimum absolute atomic E-state index is 0.0938. The summed E-state index contributed by atoms with van der Waals surface area (Å²) in [6, 6.07) is 10.8. The van der Waals surface area contributed by atoms with E-state index in [1.165, 1.54) is 24.8 Å². The van der Waals surface area contributed by atoms with Crippen molar-refractivity contribution in [2.75, 3.05) is 13.1 Å². The number of carbonyl (C=O) groups excluding carboxylic acids is 1. The second-order valence-electron chi connectivity index (χ2n) is 7.87. The fourth-order valence-electron chi connectivity index (χ4n) is 3.99. The third kappa shape index (κ3) is 6.43. The van der Waals surface area contributed by atoms with Crippen molar-refractivity contribution in [3.8, 4) is 6.07 Å². The Hall–Kier alpha value is -1.65. The van der Waals surface area contributed by atoms with Gasteiger partial charge in [0.15, 0.2) is 0 Å². The lowest BCUT2D eigenvalue weighted by Crippen LogP contribution is -2.48. The Kier molecular flexibility index (Phi) is 9.15. The molecular weight excluding hydrogens is 451 g/mol. The molecule has 1 atom stereocenters. The summed E-state index contributed by atoms with van der Waals surface area (Å²) in [6.45, 7) is 4.38. The highest BCUT2D eigenvalue weighted by atomic mass is 35.5. The maximum Gasteiger partial charge on any atom is 0.240 e. The standard InChI is InChI=1S/C23H28Cl2N4OS/c1-2-5-17-9-13-29(14-10-17)23(30)21(11-15-28-12-4-6-18(28)16-26)27-31-22-19(24)7-3-8-20(22)25/h3-4,6-8,12,17,21,27H,2,5,9-11,13-15H2,1H3. The van der Waals surface area contributed by atoms with Gasteiger partial charge in [-0.15, -0.1) is 0 Å². The molecule has 0 aliphatic carbocycles. The Bertz CT molecular complexity index is 898. The molecule has 1 aromatic carbocycles. The number of nitrogens with one attached hydrogen (secondary N) is 1. The highest BCUT2D eigenvalue weighted by Crippen LogP contribution is 2.33. The molecule has 0 spiro atoms. The Balaban J connectivity index is 1.69. The van der Waals surface area contributed by atoms with Crippen LogP contribution in [0.5, 0.6) is 0 Å². The molecule has 2 heterocycles. The summed E-state index contributed by atoms with van der Waals surface area (Å²) < 4.78 is 5.19. The van der Waals surface area contributed by atoms with E-state index in [2.05, 4.69) is 17.7 Å². The molecule has 8 heteroatoms. The first-order chi connectivity index (χ1) is 15.0. The molecule has 1 aliphatic heterocycles. The van der Waals surface area contributed by atoms with Gasteiger partial charge < -0.3 is 9.47 Å². The zero-order valence-corrected chi connectivity index (χ0v) is 20.0. The van der Waals surface area contributed by atoms with Gasteiger partial charge in [0.05, 0.1) is 21.0 Å². The van der Waals surface area contributed by atoms with Gasteiger partial charge in [0, 0.05) is 25.8 Å². The summed E-state index contributed by atoms with van der Waals surface area (Å²) >= 11 is 13.9. The first-order valence-electron chi connectivity index (χ1n) is 10.7. The molecule has 1 N–H and O–H groups in total. The molecule has 1 unspecified atom stereocenters. The number of likely N-dealkylation sites (tertiary alicyclic amines) is 1. The number of aryl methyl sites for hydroxylation is 1. The second kappa shape index (κ2) is 11.8. The van der Waals surface area contributed by atoms with Crippen LogP contribution in [0.1, 0.15) is 44.7 Å². The number of piperidine rings is 1. The monoisotopic (exact) mass is 478 g/mol. The summed E-state index contributed by atoms with van der Waals surface area (Å²) in [6.07, 6.45) is 6.98. The third-order valence-electron chi connectivity index (χ3n) is 5.75. The molecule has 0 bridgehead atoms. The van der Waals surface area contributed by atoms with Gasteiger partial charge in [-0.1, -0.05) is 49.0 Å². The highest BCUT2D eigenvalue weighted by Gasteiger charge is 2.28. The number of aromatic nitrogens is 1. The minimum Gasteiger partial charge on any atom is -0.341 e. The number of hydrogen-bond donors (Lipinski definition) is 1. The van der Waals surface area contributed by atoms with Crippen LogP contribution in [-0.2, 0) is 11.3 Å². The van der Waals surface area contributed by atoms with E-state index in [9.17, 15) is 10.1 Å². The van der Waals surface area contributed by atoms with Crippen LogP contribution in [0, 0.1) is 17.2 Å². The van der Waals surface area contributed by atoms with Crippen molar-refractivity contribution in [2.24, 2.45) is 5.92 Å². The zero-order valence-electron chi connectivity index (χ0n) is 17.7. The average molecular weight is 479 g/mol. The number of benzene rings is 1. The zero-order chi connectivity index (χ0) is 22.2. The van der Waals surface area contributed by atoms with Crippen LogP contribution in [-0.4, -0.2) is 34.5 Å². The normalized spacial score (nSPS) is 15.6. The van der Waals surface area contributed by atoms with Gasteiger partial charge in [-0.2, -0.15) is 5.26 Å². The van der Waals surface area contributed by atoms with Crippen LogP contribution in [0.4, 0.5) is 0 Å². The largest absolute Gasteiger partial charge is 0.341 e. The fourth-order valence-corrected chi connectivity index (χ4v) is 5.43. The SMILES string of the molecule is CCCC1CCN(C(=O)C(CCn2cccc2C#N)NSc2c(Cl)cccc2Cl)CC1. The van der Waals surface area contributed by atoms with Crippen LogP contribution in [0.15, 0.2) is 41.4 Å². The van der Waals surface area contributed by atoms with E-state index in [0.29, 0.717) is 33.6 Å². The number of nitriles is 1. The number of rotatable bonds is 9. The van der Waals surface area contributed by atoms with Crippen LogP contribution >= 0.6 is 35.1 Å². The molecule has 1 amide bonds. The highest BCUT2D eigenvalue weighted by molar-refractivity contribution is 7.97. The van der Waals surface area contributed by atoms with Gasteiger partial charge in [-0.25, -0.2) is 4.72 Å². The van der Waals surface area contributed by atoms with Gasteiger partial charge in [-0.05, 0) is 61.4 Å². The first kappa shape index (κ1) is 24.0. The van der Waals surface area contributed by atoms with Crippen molar-refractivity contribution >= 4 is 41.1 Å². The quantitative estimate of drug-likeness (QED) is 0.465. The van der Waals surface area contributed by atoms with Crippen molar-refractivity contribution in [2.45, 2.75) is 56.5 Å².